The van der Waals surface area contributed by atoms with E-state index >= 15 is 0 Å². The molecule has 0 saturated carbocycles. The average molecular weight is 576 g/mol. The van der Waals surface area contributed by atoms with Gasteiger partial charge < -0.3 is 13.6 Å². The van der Waals surface area contributed by atoms with Crippen molar-refractivity contribution in [1.82, 2.24) is 14.1 Å². The summed E-state index contributed by atoms with van der Waals surface area (Å²) >= 11 is 0. The molecule has 0 spiro atoms. The van der Waals surface area contributed by atoms with Crippen molar-refractivity contribution < 1.29 is 4.42 Å². The van der Waals surface area contributed by atoms with Gasteiger partial charge in [0.1, 0.15) is 11.2 Å². The van der Waals surface area contributed by atoms with E-state index in [2.05, 4.69) is 142 Å². The van der Waals surface area contributed by atoms with Gasteiger partial charge in [-0.05, 0) is 71.8 Å². The van der Waals surface area contributed by atoms with Crippen LogP contribution in [0.1, 0.15) is 0 Å². The third-order valence-electron chi connectivity index (χ3n) is 9.19. The van der Waals surface area contributed by atoms with Crippen LogP contribution in [0.4, 0.5) is 0 Å². The highest BCUT2D eigenvalue weighted by atomic mass is 16.3. The minimum absolute atomic E-state index is 0.885. The highest BCUT2D eigenvalue weighted by Crippen LogP contribution is 2.41. The zero-order chi connectivity index (χ0) is 29.5. The molecule has 0 atom stereocenters. The predicted molar refractivity (Wildman–Crippen MR) is 186 cm³/mol. The van der Waals surface area contributed by atoms with Crippen LogP contribution in [-0.4, -0.2) is 14.1 Å². The molecule has 10 rings (SSSR count). The van der Waals surface area contributed by atoms with E-state index in [-0.39, 0.29) is 0 Å². The molecule has 0 saturated heterocycles. The van der Waals surface area contributed by atoms with Crippen molar-refractivity contribution in [2.75, 3.05) is 0 Å². The van der Waals surface area contributed by atoms with Crippen LogP contribution in [0.15, 0.2) is 156 Å². The maximum atomic E-state index is 6.32. The van der Waals surface area contributed by atoms with Crippen molar-refractivity contribution in [3.05, 3.63) is 152 Å². The maximum Gasteiger partial charge on any atom is 0.137 e. The van der Waals surface area contributed by atoms with E-state index in [1.165, 1.54) is 32.6 Å². The number of hydrogen-bond donors (Lipinski definition) is 0. The standard InChI is InChI=1S/C41H25N3O/c1-4-16-35-30(13-1)31-14-2-5-17-36(31)43(35)28-11-7-9-26(23-28)27-10-8-12-29(24-27)44-37-25-42-22-21-32(37)33-19-20-39-40(41(33)44)34-15-3-6-18-38(34)45-39/h1-25H. The van der Waals surface area contributed by atoms with Gasteiger partial charge in [0, 0.05) is 44.5 Å². The summed E-state index contributed by atoms with van der Waals surface area (Å²) in [5.74, 6) is 0. The van der Waals surface area contributed by atoms with E-state index in [0.29, 0.717) is 0 Å². The molecule has 0 N–H and O–H groups in total. The van der Waals surface area contributed by atoms with Gasteiger partial charge in [-0.2, -0.15) is 0 Å². The van der Waals surface area contributed by atoms with Gasteiger partial charge in [-0.25, -0.2) is 0 Å². The Hall–Kier alpha value is -6.13. The normalized spacial score (nSPS) is 12.0. The van der Waals surface area contributed by atoms with Gasteiger partial charge in [0.05, 0.1) is 33.6 Å². The fourth-order valence-electron chi connectivity index (χ4n) is 7.28. The first kappa shape index (κ1) is 24.3. The summed E-state index contributed by atoms with van der Waals surface area (Å²) in [6, 6.07) is 49.7. The number of furan rings is 1. The molecule has 10 aromatic rings. The predicted octanol–water partition coefficient (Wildman–Crippen LogP) is 10.8. The Balaban J connectivity index is 1.21. The number of fused-ring (bicyclic) bond motifs is 10. The van der Waals surface area contributed by atoms with Crippen LogP contribution >= 0.6 is 0 Å². The molecule has 4 nitrogen and oxygen atoms in total. The van der Waals surface area contributed by atoms with Gasteiger partial charge >= 0.3 is 0 Å². The molecule has 0 fully saturated rings. The van der Waals surface area contributed by atoms with Crippen LogP contribution < -0.4 is 0 Å². The molecule has 210 valence electrons. The summed E-state index contributed by atoms with van der Waals surface area (Å²) in [4.78, 5) is 4.55. The minimum Gasteiger partial charge on any atom is -0.456 e. The van der Waals surface area contributed by atoms with Crippen LogP contribution in [0, 0.1) is 0 Å². The summed E-state index contributed by atoms with van der Waals surface area (Å²) < 4.78 is 11.0. The zero-order valence-corrected chi connectivity index (χ0v) is 24.2. The molecule has 0 aliphatic rings. The summed E-state index contributed by atoms with van der Waals surface area (Å²) in [7, 11) is 0. The molecule has 0 amide bonds. The second-order valence-corrected chi connectivity index (χ2v) is 11.6. The van der Waals surface area contributed by atoms with Gasteiger partial charge in [0.15, 0.2) is 0 Å². The lowest BCUT2D eigenvalue weighted by Gasteiger charge is -2.13. The van der Waals surface area contributed by atoms with Crippen molar-refractivity contribution >= 4 is 65.6 Å². The third kappa shape index (κ3) is 3.45. The molecule has 0 unspecified atom stereocenters. The number of benzene rings is 6. The van der Waals surface area contributed by atoms with Crippen LogP contribution in [0.2, 0.25) is 0 Å². The minimum atomic E-state index is 0.885. The Morgan fingerprint density at radius 1 is 0.444 bits per heavy atom. The van der Waals surface area contributed by atoms with Crippen molar-refractivity contribution in [3.63, 3.8) is 0 Å². The van der Waals surface area contributed by atoms with Crippen LogP contribution in [0.25, 0.3) is 88.1 Å². The van der Waals surface area contributed by atoms with Crippen molar-refractivity contribution in [2.24, 2.45) is 0 Å². The van der Waals surface area contributed by atoms with Crippen molar-refractivity contribution in [1.29, 1.82) is 0 Å². The second kappa shape index (κ2) is 9.18. The first-order chi connectivity index (χ1) is 22.3. The molecule has 0 aliphatic heterocycles. The zero-order valence-electron chi connectivity index (χ0n) is 24.2. The quantitative estimate of drug-likeness (QED) is 0.210. The van der Waals surface area contributed by atoms with Crippen LogP contribution in [0.5, 0.6) is 0 Å². The lowest BCUT2D eigenvalue weighted by atomic mass is 10.0. The van der Waals surface area contributed by atoms with E-state index in [4.69, 9.17) is 4.42 Å². The lowest BCUT2D eigenvalue weighted by Crippen LogP contribution is -1.96. The Kier molecular flexibility index (Phi) is 4.96. The van der Waals surface area contributed by atoms with Gasteiger partial charge in [-0.3, -0.25) is 4.98 Å². The number of rotatable bonds is 3. The number of aromatic nitrogens is 3. The van der Waals surface area contributed by atoms with Gasteiger partial charge in [0.2, 0.25) is 0 Å². The fraction of sp³-hybridized carbons (Fsp3) is 0. The topological polar surface area (TPSA) is 35.9 Å². The van der Waals surface area contributed by atoms with Gasteiger partial charge in [-0.1, -0.05) is 78.9 Å². The molecular formula is C41H25N3O. The largest absolute Gasteiger partial charge is 0.456 e. The Morgan fingerprint density at radius 3 is 1.80 bits per heavy atom. The number of pyridine rings is 1. The van der Waals surface area contributed by atoms with E-state index in [1.54, 1.807) is 0 Å². The average Bonchev–Trinajstić information content (AvgIpc) is 3.76. The molecule has 45 heavy (non-hydrogen) atoms. The Bertz CT molecular complexity index is 2720. The van der Waals surface area contributed by atoms with Crippen molar-refractivity contribution in [3.8, 4) is 22.5 Å². The number of hydrogen-bond acceptors (Lipinski definition) is 2. The first-order valence-electron chi connectivity index (χ1n) is 15.2. The molecule has 4 aromatic heterocycles. The number of nitrogens with zero attached hydrogens (tertiary/aromatic N) is 3. The Labute approximate surface area is 258 Å². The molecule has 0 radical (unpaired) electrons. The fourth-order valence-corrected chi connectivity index (χ4v) is 7.28. The van der Waals surface area contributed by atoms with Gasteiger partial charge in [0.25, 0.3) is 0 Å². The second-order valence-electron chi connectivity index (χ2n) is 11.6. The third-order valence-corrected chi connectivity index (χ3v) is 9.19. The van der Waals surface area contributed by atoms with E-state index in [9.17, 15) is 0 Å². The summed E-state index contributed by atoms with van der Waals surface area (Å²) in [5, 5.41) is 7.12. The SMILES string of the molecule is c1cc(-c2cccc(-n3c4cnccc4c4ccc5oc6ccccc6c5c43)c2)cc(-n2c3ccccc3c3ccccc32)c1. The summed E-state index contributed by atoms with van der Waals surface area (Å²) in [5.41, 5.74) is 10.9. The molecule has 4 heterocycles. The highest BCUT2D eigenvalue weighted by molar-refractivity contribution is 6.24. The van der Waals surface area contributed by atoms with Gasteiger partial charge in [-0.15, -0.1) is 0 Å². The maximum absolute atomic E-state index is 6.32. The molecule has 6 aromatic carbocycles. The molecule has 0 aliphatic carbocycles. The van der Waals surface area contributed by atoms with E-state index in [1.807, 2.05) is 24.5 Å². The monoisotopic (exact) mass is 575 g/mol. The highest BCUT2D eigenvalue weighted by Gasteiger charge is 2.19. The molecule has 0 bridgehead atoms. The summed E-state index contributed by atoms with van der Waals surface area (Å²) in [6.07, 6.45) is 3.85. The van der Waals surface area contributed by atoms with E-state index in [0.717, 1.165) is 55.5 Å². The van der Waals surface area contributed by atoms with Crippen LogP contribution in [-0.2, 0) is 0 Å². The number of para-hydroxylation sites is 3. The first-order valence-corrected chi connectivity index (χ1v) is 15.2. The van der Waals surface area contributed by atoms with Crippen LogP contribution in [0.3, 0.4) is 0 Å². The summed E-state index contributed by atoms with van der Waals surface area (Å²) in [6.45, 7) is 0. The lowest BCUT2D eigenvalue weighted by molar-refractivity contribution is 0.669. The van der Waals surface area contributed by atoms with Crippen molar-refractivity contribution in [2.45, 2.75) is 0 Å². The van der Waals surface area contributed by atoms with E-state index < -0.39 is 0 Å². The Morgan fingerprint density at radius 2 is 1.07 bits per heavy atom. The molecule has 4 heteroatoms. The molecular weight excluding hydrogens is 550 g/mol. The smallest absolute Gasteiger partial charge is 0.137 e.